The number of morpholine rings is 1. The highest BCUT2D eigenvalue weighted by Gasteiger charge is 2.42. The largest absolute Gasteiger partial charge is 0.379 e. The van der Waals surface area contributed by atoms with Crippen LogP contribution < -0.4 is 10.6 Å². The number of carbonyl (C=O) groups excluding carboxylic acids is 1. The van der Waals surface area contributed by atoms with Crippen LogP contribution in [0.5, 0.6) is 0 Å². The molecule has 3 rings (SSSR count). The van der Waals surface area contributed by atoms with Gasteiger partial charge in [-0.25, -0.2) is 0 Å². The molecule has 1 spiro atoms. The van der Waals surface area contributed by atoms with E-state index in [1.54, 1.807) is 0 Å². The molecule has 0 aliphatic carbocycles. The van der Waals surface area contributed by atoms with Crippen molar-refractivity contribution in [2.24, 2.45) is 10.4 Å². The van der Waals surface area contributed by atoms with E-state index in [2.05, 4.69) is 39.3 Å². The number of hydrogen-bond donors (Lipinski definition) is 2. The Morgan fingerprint density at radius 1 is 1.35 bits per heavy atom. The van der Waals surface area contributed by atoms with Gasteiger partial charge < -0.3 is 20.3 Å². The Kier molecular flexibility index (Phi) is 7.55. The summed E-state index contributed by atoms with van der Waals surface area (Å²) in [6, 6.07) is 0. The number of ether oxygens (including phenoxy) is 1. The molecule has 2 N–H and O–H groups in total. The second-order valence-electron chi connectivity index (χ2n) is 8.29. The van der Waals surface area contributed by atoms with Gasteiger partial charge in [0.05, 0.1) is 13.2 Å². The lowest BCUT2D eigenvalue weighted by atomic mass is 9.79. The zero-order chi connectivity index (χ0) is 17.9. The fourth-order valence-corrected chi connectivity index (χ4v) is 4.34. The van der Waals surface area contributed by atoms with E-state index in [4.69, 9.17) is 4.74 Å². The quantitative estimate of drug-likeness (QED) is 0.358. The van der Waals surface area contributed by atoms with Crippen molar-refractivity contribution in [3.63, 3.8) is 0 Å². The molecule has 3 aliphatic heterocycles. The molecule has 3 heterocycles. The van der Waals surface area contributed by atoms with Gasteiger partial charge >= 0.3 is 0 Å². The summed E-state index contributed by atoms with van der Waals surface area (Å²) in [4.78, 5) is 21.0. The molecule has 0 radical (unpaired) electrons. The van der Waals surface area contributed by atoms with E-state index in [1.807, 2.05) is 7.05 Å². The Balaban J connectivity index is 0.00000243. The van der Waals surface area contributed by atoms with Crippen molar-refractivity contribution in [3.8, 4) is 0 Å². The van der Waals surface area contributed by atoms with Crippen molar-refractivity contribution in [3.05, 3.63) is 0 Å². The SMILES string of the molecule is CN=C(NCC(C)(C)N1CCOCC1)N1CCCC2(CNC(=O)C2)C1.I. The van der Waals surface area contributed by atoms with Crippen LogP contribution in [0.15, 0.2) is 4.99 Å². The number of likely N-dealkylation sites (tertiary alicyclic amines) is 1. The van der Waals surface area contributed by atoms with E-state index in [9.17, 15) is 4.79 Å². The van der Waals surface area contributed by atoms with Crippen LogP contribution in [-0.2, 0) is 9.53 Å². The Bertz CT molecular complexity index is 522. The minimum absolute atomic E-state index is 0. The number of rotatable bonds is 3. The predicted octanol–water partition coefficient (Wildman–Crippen LogP) is 0.893. The highest BCUT2D eigenvalue weighted by molar-refractivity contribution is 14.0. The van der Waals surface area contributed by atoms with Gasteiger partial charge in [0, 0.05) is 63.7 Å². The second-order valence-corrected chi connectivity index (χ2v) is 8.29. The molecule has 0 bridgehead atoms. The molecule has 0 aromatic carbocycles. The second kappa shape index (κ2) is 9.05. The Labute approximate surface area is 174 Å². The summed E-state index contributed by atoms with van der Waals surface area (Å²) in [5.41, 5.74) is 0.144. The van der Waals surface area contributed by atoms with E-state index in [-0.39, 0.29) is 40.8 Å². The maximum atomic E-state index is 11.7. The summed E-state index contributed by atoms with van der Waals surface area (Å²) >= 11 is 0. The average Bonchev–Trinajstić information content (AvgIpc) is 2.96. The molecular weight excluding hydrogens is 445 g/mol. The number of aliphatic imine (C=N–C) groups is 1. The zero-order valence-corrected chi connectivity index (χ0v) is 18.7. The summed E-state index contributed by atoms with van der Waals surface area (Å²) < 4.78 is 5.47. The Morgan fingerprint density at radius 3 is 2.69 bits per heavy atom. The summed E-state index contributed by atoms with van der Waals surface area (Å²) in [5.74, 6) is 1.15. The molecule has 0 saturated carbocycles. The third kappa shape index (κ3) is 5.01. The Morgan fingerprint density at radius 2 is 2.08 bits per heavy atom. The van der Waals surface area contributed by atoms with Crippen LogP contribution in [0.3, 0.4) is 0 Å². The van der Waals surface area contributed by atoms with Crippen molar-refractivity contribution in [2.75, 3.05) is 59.5 Å². The highest BCUT2D eigenvalue weighted by Crippen LogP contribution is 2.36. The molecule has 8 heteroatoms. The van der Waals surface area contributed by atoms with Crippen LogP contribution in [-0.4, -0.2) is 86.7 Å². The van der Waals surface area contributed by atoms with Crippen LogP contribution >= 0.6 is 24.0 Å². The molecule has 7 nitrogen and oxygen atoms in total. The molecule has 3 saturated heterocycles. The lowest BCUT2D eigenvalue weighted by Gasteiger charge is -2.43. The molecule has 1 unspecified atom stereocenters. The monoisotopic (exact) mass is 479 g/mol. The summed E-state index contributed by atoms with van der Waals surface area (Å²) in [6.45, 7) is 11.7. The fourth-order valence-electron chi connectivity index (χ4n) is 4.34. The first-order valence-electron chi connectivity index (χ1n) is 9.49. The highest BCUT2D eigenvalue weighted by atomic mass is 127. The molecule has 150 valence electrons. The Hall–Kier alpha value is -0.610. The summed E-state index contributed by atoms with van der Waals surface area (Å²) in [6.07, 6.45) is 2.89. The normalized spacial score (nSPS) is 28.0. The van der Waals surface area contributed by atoms with Gasteiger partial charge in [-0.2, -0.15) is 0 Å². The number of piperidine rings is 1. The first-order chi connectivity index (χ1) is 11.9. The van der Waals surface area contributed by atoms with Crippen LogP contribution in [0, 0.1) is 5.41 Å². The van der Waals surface area contributed by atoms with Crippen molar-refractivity contribution in [2.45, 2.75) is 38.6 Å². The molecule has 1 amide bonds. The smallest absolute Gasteiger partial charge is 0.220 e. The van der Waals surface area contributed by atoms with E-state index in [0.717, 1.165) is 71.3 Å². The van der Waals surface area contributed by atoms with Gasteiger partial charge in [0.15, 0.2) is 5.96 Å². The summed E-state index contributed by atoms with van der Waals surface area (Å²) in [5, 5.41) is 6.59. The zero-order valence-electron chi connectivity index (χ0n) is 16.3. The van der Waals surface area contributed by atoms with Crippen molar-refractivity contribution < 1.29 is 9.53 Å². The molecule has 1 atom stereocenters. The van der Waals surface area contributed by atoms with Crippen LogP contribution in [0.4, 0.5) is 0 Å². The van der Waals surface area contributed by atoms with Crippen LogP contribution in [0.1, 0.15) is 33.1 Å². The van der Waals surface area contributed by atoms with Gasteiger partial charge in [-0.3, -0.25) is 14.7 Å². The molecule has 0 aromatic heterocycles. The van der Waals surface area contributed by atoms with Gasteiger partial charge in [-0.05, 0) is 26.7 Å². The lowest BCUT2D eigenvalue weighted by molar-refractivity contribution is -0.119. The van der Waals surface area contributed by atoms with Crippen molar-refractivity contribution in [1.29, 1.82) is 0 Å². The number of amides is 1. The van der Waals surface area contributed by atoms with Crippen molar-refractivity contribution >= 4 is 35.8 Å². The van der Waals surface area contributed by atoms with Crippen LogP contribution in [0.25, 0.3) is 0 Å². The first kappa shape index (κ1) is 21.7. The minimum atomic E-state index is 0. The standard InChI is InChI=1S/C18H33N5O2.HI/c1-17(2,23-7-9-25-10-8-23)12-21-16(19-3)22-6-4-5-18(14-22)11-15(24)20-13-18;/h4-14H2,1-3H3,(H,19,21)(H,20,24);1H. The predicted molar refractivity (Wildman–Crippen MR) is 114 cm³/mol. The van der Waals surface area contributed by atoms with Crippen molar-refractivity contribution in [1.82, 2.24) is 20.4 Å². The maximum Gasteiger partial charge on any atom is 0.220 e. The molecule has 26 heavy (non-hydrogen) atoms. The third-order valence-corrected chi connectivity index (χ3v) is 5.92. The summed E-state index contributed by atoms with van der Waals surface area (Å²) in [7, 11) is 1.85. The van der Waals surface area contributed by atoms with Gasteiger partial charge in [-0.1, -0.05) is 0 Å². The van der Waals surface area contributed by atoms with E-state index in [1.165, 1.54) is 0 Å². The average molecular weight is 479 g/mol. The third-order valence-electron chi connectivity index (χ3n) is 5.92. The minimum Gasteiger partial charge on any atom is -0.379 e. The maximum absolute atomic E-state index is 11.7. The van der Waals surface area contributed by atoms with E-state index >= 15 is 0 Å². The van der Waals surface area contributed by atoms with E-state index in [0.29, 0.717) is 6.42 Å². The number of halogens is 1. The molecule has 3 fully saturated rings. The first-order valence-corrected chi connectivity index (χ1v) is 9.49. The number of nitrogens with one attached hydrogen (secondary N) is 2. The molecular formula is C18H34IN5O2. The molecule has 0 aromatic rings. The fraction of sp³-hybridized carbons (Fsp3) is 0.889. The van der Waals surface area contributed by atoms with Crippen LogP contribution in [0.2, 0.25) is 0 Å². The molecule has 3 aliphatic rings. The van der Waals surface area contributed by atoms with Gasteiger partial charge in [0.1, 0.15) is 0 Å². The number of nitrogens with zero attached hydrogens (tertiary/aromatic N) is 3. The van der Waals surface area contributed by atoms with Gasteiger partial charge in [0.2, 0.25) is 5.91 Å². The lowest BCUT2D eigenvalue weighted by Crippen LogP contribution is -2.58. The topological polar surface area (TPSA) is 69.2 Å². The number of carbonyl (C=O) groups is 1. The van der Waals surface area contributed by atoms with Gasteiger partial charge in [0.25, 0.3) is 0 Å². The van der Waals surface area contributed by atoms with Gasteiger partial charge in [-0.15, -0.1) is 24.0 Å². The number of hydrogen-bond acceptors (Lipinski definition) is 4. The van der Waals surface area contributed by atoms with E-state index < -0.39 is 0 Å². The number of guanidine groups is 1.